The molecule has 0 unspecified atom stereocenters. The van der Waals surface area contributed by atoms with Crippen LogP contribution in [0.1, 0.15) is 74.1 Å². The first-order valence-corrected chi connectivity index (χ1v) is 15.1. The van der Waals surface area contributed by atoms with Crippen LogP contribution in [-0.4, -0.2) is 82.7 Å². The summed E-state index contributed by atoms with van der Waals surface area (Å²) in [7, 11) is 1.23. The number of rotatable bonds is 17. The van der Waals surface area contributed by atoms with Crippen LogP contribution >= 0.6 is 0 Å². The van der Waals surface area contributed by atoms with Gasteiger partial charge in [-0.3, -0.25) is 24.5 Å². The third-order valence-corrected chi connectivity index (χ3v) is 6.77. The quantitative estimate of drug-likeness (QED) is 0.110. The molecule has 0 aromatic carbocycles. The first-order chi connectivity index (χ1) is 21.6. The number of nitrogens with zero attached hydrogens (tertiary/aromatic N) is 4. The highest BCUT2D eigenvalue weighted by molar-refractivity contribution is 5.94. The van der Waals surface area contributed by atoms with Crippen molar-refractivity contribution in [1.29, 1.82) is 5.26 Å². The average molecular weight is 647 g/mol. The molecule has 2 N–H and O–H groups in total. The van der Waals surface area contributed by atoms with Crippen molar-refractivity contribution in [2.24, 2.45) is 17.8 Å². The van der Waals surface area contributed by atoms with E-state index in [4.69, 9.17) is 23.7 Å². The Morgan fingerprint density at radius 3 is 2.09 bits per heavy atom. The van der Waals surface area contributed by atoms with Crippen molar-refractivity contribution in [1.82, 2.24) is 19.9 Å². The second-order valence-corrected chi connectivity index (χ2v) is 11.9. The molecular weight excluding hydrogens is 600 g/mol. The monoisotopic (exact) mass is 646 g/mol. The molecule has 0 saturated carbocycles. The molecule has 254 valence electrons. The van der Waals surface area contributed by atoms with Gasteiger partial charge in [0.05, 0.1) is 37.0 Å². The van der Waals surface area contributed by atoms with Crippen LogP contribution in [0.2, 0.25) is 0 Å². The van der Waals surface area contributed by atoms with Crippen LogP contribution in [0.4, 0.5) is 5.82 Å². The number of aromatic nitrogens is 3. The highest BCUT2D eigenvalue weighted by atomic mass is 16.6. The molecule has 0 saturated heterocycles. The summed E-state index contributed by atoms with van der Waals surface area (Å²) in [5.41, 5.74) is -1.47. The minimum atomic E-state index is -2.03. The van der Waals surface area contributed by atoms with Crippen LogP contribution in [0, 0.1) is 29.1 Å². The van der Waals surface area contributed by atoms with Crippen LogP contribution in [0.3, 0.4) is 0 Å². The van der Waals surface area contributed by atoms with E-state index in [1.165, 1.54) is 18.0 Å². The van der Waals surface area contributed by atoms with Crippen LogP contribution < -0.4 is 10.6 Å². The SMILES string of the molecule is CO[C@](C#N)(COCN[C@@H](C)C(=O)OC(C)C)[C@@H](OC(=O)C(C)C)[C@@H](OC(=O)C(C)C)c1ccc2c(NC(=O)C(C)C)ncnn12. The zero-order chi connectivity index (χ0) is 34.8. The number of nitriles is 1. The Bertz CT molecular complexity index is 1400. The maximum Gasteiger partial charge on any atom is 0.323 e. The lowest BCUT2D eigenvalue weighted by molar-refractivity contribution is -0.201. The fourth-order valence-corrected chi connectivity index (χ4v) is 3.93. The predicted molar refractivity (Wildman–Crippen MR) is 165 cm³/mol. The van der Waals surface area contributed by atoms with Crippen molar-refractivity contribution in [3.05, 3.63) is 24.2 Å². The zero-order valence-corrected chi connectivity index (χ0v) is 28.2. The van der Waals surface area contributed by atoms with Gasteiger partial charge in [-0.25, -0.2) is 9.50 Å². The van der Waals surface area contributed by atoms with E-state index < -0.39 is 60.2 Å². The molecule has 0 aliphatic heterocycles. The van der Waals surface area contributed by atoms with Crippen LogP contribution in [-0.2, 0) is 42.9 Å². The number of carbonyl (C=O) groups excluding carboxylic acids is 4. The number of hydrogen-bond acceptors (Lipinski definition) is 13. The molecule has 1 amide bonds. The van der Waals surface area contributed by atoms with E-state index in [0.29, 0.717) is 5.52 Å². The fourth-order valence-electron chi connectivity index (χ4n) is 3.93. The number of amides is 1. The Balaban J connectivity index is 2.62. The molecule has 0 aliphatic carbocycles. The number of ether oxygens (including phenoxy) is 5. The number of anilines is 1. The number of esters is 3. The maximum atomic E-state index is 13.1. The van der Waals surface area contributed by atoms with Gasteiger partial charge >= 0.3 is 17.9 Å². The fraction of sp³-hybridized carbons (Fsp3) is 0.645. The highest BCUT2D eigenvalue weighted by Crippen LogP contribution is 2.36. The summed E-state index contributed by atoms with van der Waals surface area (Å²) in [5, 5.41) is 20.4. The summed E-state index contributed by atoms with van der Waals surface area (Å²) in [6.45, 7) is 14.3. The van der Waals surface area contributed by atoms with Gasteiger partial charge in [0.2, 0.25) is 11.5 Å². The molecule has 0 bridgehead atoms. The molecule has 0 aliphatic rings. The van der Waals surface area contributed by atoms with Crippen molar-refractivity contribution in [2.75, 3.05) is 25.8 Å². The Kier molecular flexibility index (Phi) is 14.0. The maximum absolute atomic E-state index is 13.1. The third kappa shape index (κ3) is 9.68. The smallest absolute Gasteiger partial charge is 0.323 e. The van der Waals surface area contributed by atoms with Gasteiger partial charge in [-0.05, 0) is 32.9 Å². The van der Waals surface area contributed by atoms with Gasteiger partial charge in [0.15, 0.2) is 18.0 Å². The zero-order valence-electron chi connectivity index (χ0n) is 28.2. The number of fused-ring (bicyclic) bond motifs is 1. The highest BCUT2D eigenvalue weighted by Gasteiger charge is 2.51. The Morgan fingerprint density at radius 1 is 0.913 bits per heavy atom. The van der Waals surface area contributed by atoms with E-state index in [0.717, 1.165) is 0 Å². The summed E-state index contributed by atoms with van der Waals surface area (Å²) in [6.07, 6.45) is -2.13. The van der Waals surface area contributed by atoms with Gasteiger partial charge in [0.25, 0.3) is 0 Å². The second kappa shape index (κ2) is 17.0. The van der Waals surface area contributed by atoms with E-state index in [9.17, 15) is 24.4 Å². The van der Waals surface area contributed by atoms with Crippen LogP contribution in [0.15, 0.2) is 18.5 Å². The largest absolute Gasteiger partial charge is 0.462 e. The first kappa shape index (κ1) is 38.1. The van der Waals surface area contributed by atoms with Gasteiger partial charge in [-0.15, -0.1) is 0 Å². The van der Waals surface area contributed by atoms with E-state index >= 15 is 0 Å². The number of carbonyl (C=O) groups is 4. The number of hydrogen-bond donors (Lipinski definition) is 2. The second-order valence-electron chi connectivity index (χ2n) is 11.9. The summed E-state index contributed by atoms with van der Waals surface area (Å²) < 4.78 is 29.8. The van der Waals surface area contributed by atoms with Gasteiger partial charge < -0.3 is 29.0 Å². The van der Waals surface area contributed by atoms with Gasteiger partial charge in [0.1, 0.15) is 24.0 Å². The Morgan fingerprint density at radius 2 is 1.54 bits per heavy atom. The van der Waals surface area contributed by atoms with Gasteiger partial charge in [-0.2, -0.15) is 10.4 Å². The molecule has 0 spiro atoms. The summed E-state index contributed by atoms with van der Waals surface area (Å²) in [4.78, 5) is 55.0. The molecule has 46 heavy (non-hydrogen) atoms. The van der Waals surface area contributed by atoms with E-state index in [-0.39, 0.29) is 36.2 Å². The molecule has 15 heteroatoms. The van der Waals surface area contributed by atoms with Crippen molar-refractivity contribution in [3.8, 4) is 6.07 Å². The molecule has 0 radical (unpaired) electrons. The van der Waals surface area contributed by atoms with Crippen LogP contribution in [0.25, 0.3) is 5.52 Å². The first-order valence-electron chi connectivity index (χ1n) is 15.1. The molecule has 2 aromatic heterocycles. The lowest BCUT2D eigenvalue weighted by Gasteiger charge is -2.37. The Labute approximate surface area is 269 Å². The average Bonchev–Trinajstić information content (AvgIpc) is 3.43. The molecule has 4 atom stereocenters. The Hall–Kier alpha value is -4.13. The normalized spacial score (nSPS) is 14.9. The standard InChI is InChI=1S/C31H46N6O9/c1-17(2)27(38)36-26-23-12-11-22(37(23)35-15-33-26)24(45-28(39)18(3)4)25(46-29(40)19(5)6)31(13-32,42-10)14-43-16-34-21(9)30(41)44-20(7)8/h11-12,15,17-21,24-25,34H,14,16H2,1-10H3,(H,33,35,36,38)/t21-,24-,25-,31+/m0/s1. The minimum absolute atomic E-state index is 0.197. The lowest BCUT2D eigenvalue weighted by Crippen LogP contribution is -2.54. The van der Waals surface area contributed by atoms with Gasteiger partial charge in [0, 0.05) is 13.0 Å². The molecule has 15 nitrogen and oxygen atoms in total. The molecular formula is C31H46N6O9. The summed E-state index contributed by atoms with van der Waals surface area (Å²) in [5.74, 6) is -3.49. The molecule has 2 heterocycles. The third-order valence-electron chi connectivity index (χ3n) is 6.77. The van der Waals surface area contributed by atoms with Crippen molar-refractivity contribution < 1.29 is 42.9 Å². The number of methoxy groups -OCH3 is 1. The van der Waals surface area contributed by atoms with E-state index in [2.05, 4.69) is 26.8 Å². The number of nitrogens with one attached hydrogen (secondary N) is 2. The van der Waals surface area contributed by atoms with Crippen LogP contribution in [0.5, 0.6) is 0 Å². The topological polar surface area (TPSA) is 192 Å². The lowest BCUT2D eigenvalue weighted by atomic mass is 9.92. The summed E-state index contributed by atoms with van der Waals surface area (Å²) in [6, 6.07) is 4.49. The summed E-state index contributed by atoms with van der Waals surface area (Å²) >= 11 is 0. The van der Waals surface area contributed by atoms with Gasteiger partial charge in [-0.1, -0.05) is 41.5 Å². The molecule has 0 fully saturated rings. The predicted octanol–water partition coefficient (Wildman–Crippen LogP) is 2.94. The van der Waals surface area contributed by atoms with Crippen molar-refractivity contribution in [2.45, 2.75) is 92.3 Å². The molecule has 2 rings (SSSR count). The van der Waals surface area contributed by atoms with Crippen molar-refractivity contribution >= 4 is 35.1 Å². The minimum Gasteiger partial charge on any atom is -0.462 e. The van der Waals surface area contributed by atoms with E-state index in [1.54, 1.807) is 74.4 Å². The van der Waals surface area contributed by atoms with E-state index in [1.807, 2.05) is 0 Å². The molecule has 2 aromatic rings. The van der Waals surface area contributed by atoms with Crippen molar-refractivity contribution in [3.63, 3.8) is 0 Å².